The van der Waals surface area contributed by atoms with E-state index in [4.69, 9.17) is 9.47 Å². The number of alkyl halides is 2. The molecule has 0 aromatic heterocycles. The number of urea groups is 1. The number of rotatable bonds is 5. The van der Waals surface area contributed by atoms with Crippen LogP contribution in [0.1, 0.15) is 5.56 Å². The maximum atomic E-state index is 12.4. The average molecular weight is 352 g/mol. The van der Waals surface area contributed by atoms with Gasteiger partial charge in [0.25, 0.3) is 5.76 Å². The molecule has 1 aliphatic heterocycles. The summed E-state index contributed by atoms with van der Waals surface area (Å²) in [5, 5.41) is 5.31. The van der Waals surface area contributed by atoms with Crippen LogP contribution in [-0.4, -0.2) is 18.6 Å². The van der Waals surface area contributed by atoms with E-state index in [1.807, 2.05) is 6.07 Å². The number of hydrogen-bond donors (Lipinski definition) is 2. The Morgan fingerprint density at radius 3 is 2.83 bits per heavy atom. The molecule has 0 aliphatic carbocycles. The summed E-state index contributed by atoms with van der Waals surface area (Å²) in [5.74, 6) is -1.18. The average Bonchev–Trinajstić information content (AvgIpc) is 3.00. The van der Waals surface area contributed by atoms with Crippen LogP contribution >= 0.6 is 11.8 Å². The molecule has 8 heteroatoms. The fourth-order valence-electron chi connectivity index (χ4n) is 2.16. The molecular formula is C16H14F2N2O3S. The van der Waals surface area contributed by atoms with E-state index in [0.29, 0.717) is 40.4 Å². The summed E-state index contributed by atoms with van der Waals surface area (Å²) in [5.41, 5.74) is 1.31. The van der Waals surface area contributed by atoms with Crippen LogP contribution in [0.5, 0.6) is 11.5 Å². The normalized spacial score (nSPS) is 12.3. The molecule has 0 bridgehead atoms. The van der Waals surface area contributed by atoms with Crippen LogP contribution in [0.25, 0.3) is 0 Å². The van der Waals surface area contributed by atoms with Gasteiger partial charge < -0.3 is 20.1 Å². The molecule has 2 aromatic rings. The summed E-state index contributed by atoms with van der Waals surface area (Å²) >= 11 is 0.430. The number of thioether (sulfide) groups is 1. The predicted molar refractivity (Wildman–Crippen MR) is 86.7 cm³/mol. The van der Waals surface area contributed by atoms with Crippen molar-refractivity contribution in [3.05, 3.63) is 48.0 Å². The number of amides is 2. The number of hydrogen-bond acceptors (Lipinski definition) is 4. The van der Waals surface area contributed by atoms with Crippen molar-refractivity contribution >= 4 is 23.5 Å². The highest BCUT2D eigenvalue weighted by Gasteiger charge is 2.13. The summed E-state index contributed by atoms with van der Waals surface area (Å²) in [6.45, 7) is 0.494. The van der Waals surface area contributed by atoms with E-state index in [1.54, 1.807) is 30.3 Å². The first-order valence-corrected chi connectivity index (χ1v) is 7.96. The minimum absolute atomic E-state index is 0.194. The minimum Gasteiger partial charge on any atom is -0.454 e. The van der Waals surface area contributed by atoms with Gasteiger partial charge in [-0.3, -0.25) is 0 Å². The van der Waals surface area contributed by atoms with Crippen LogP contribution < -0.4 is 20.1 Å². The van der Waals surface area contributed by atoms with E-state index >= 15 is 0 Å². The Labute approximate surface area is 141 Å². The van der Waals surface area contributed by atoms with Crippen LogP contribution in [0.15, 0.2) is 47.4 Å². The van der Waals surface area contributed by atoms with Crippen LogP contribution in [0.3, 0.4) is 0 Å². The number of anilines is 1. The van der Waals surface area contributed by atoms with E-state index in [0.717, 1.165) is 5.56 Å². The molecule has 126 valence electrons. The molecule has 0 radical (unpaired) electrons. The van der Waals surface area contributed by atoms with Gasteiger partial charge in [0.15, 0.2) is 11.5 Å². The number of benzene rings is 2. The van der Waals surface area contributed by atoms with Crippen molar-refractivity contribution in [2.45, 2.75) is 17.2 Å². The lowest BCUT2D eigenvalue weighted by atomic mass is 10.2. The maximum absolute atomic E-state index is 12.4. The van der Waals surface area contributed by atoms with Crippen LogP contribution in [0.4, 0.5) is 19.3 Å². The number of ether oxygens (including phenoxy) is 2. The van der Waals surface area contributed by atoms with Gasteiger partial charge in [-0.25, -0.2) is 4.79 Å². The summed E-state index contributed by atoms with van der Waals surface area (Å²) in [6.07, 6.45) is 0. The number of nitrogens with one attached hydrogen (secondary N) is 2. The molecule has 2 aromatic carbocycles. The summed E-state index contributed by atoms with van der Waals surface area (Å²) in [7, 11) is 0. The molecule has 1 heterocycles. The number of halogens is 2. The first-order chi connectivity index (χ1) is 11.6. The molecule has 24 heavy (non-hydrogen) atoms. The molecule has 2 amide bonds. The zero-order valence-electron chi connectivity index (χ0n) is 12.4. The van der Waals surface area contributed by atoms with Gasteiger partial charge in [0.2, 0.25) is 6.79 Å². The SMILES string of the molecule is O=C(NCc1ccc2c(c1)OCO2)Nc1cccc(SC(F)F)c1. The Morgan fingerprint density at radius 1 is 1.17 bits per heavy atom. The molecule has 0 unspecified atom stereocenters. The molecule has 5 nitrogen and oxygen atoms in total. The minimum atomic E-state index is -2.50. The molecule has 3 rings (SSSR count). The molecular weight excluding hydrogens is 338 g/mol. The monoisotopic (exact) mass is 352 g/mol. The van der Waals surface area contributed by atoms with Crippen molar-refractivity contribution in [3.63, 3.8) is 0 Å². The first-order valence-electron chi connectivity index (χ1n) is 7.08. The molecule has 0 fully saturated rings. The second-order valence-corrected chi connectivity index (χ2v) is 5.97. The van der Waals surface area contributed by atoms with E-state index < -0.39 is 11.8 Å². The first kappa shape index (κ1) is 16.4. The van der Waals surface area contributed by atoms with Crippen LogP contribution in [-0.2, 0) is 6.54 Å². The molecule has 0 spiro atoms. The standard InChI is InChI=1S/C16H14F2N2O3S/c17-15(18)24-12-3-1-2-11(7-12)20-16(21)19-8-10-4-5-13-14(6-10)23-9-22-13/h1-7,15H,8-9H2,(H2,19,20,21). The van der Waals surface area contributed by atoms with Gasteiger partial charge in [0, 0.05) is 17.1 Å². The summed E-state index contributed by atoms with van der Waals surface area (Å²) in [4.78, 5) is 12.3. The number of fused-ring (bicyclic) bond motifs is 1. The molecule has 1 aliphatic rings. The lowest BCUT2D eigenvalue weighted by Crippen LogP contribution is -2.28. The Morgan fingerprint density at radius 2 is 2.00 bits per heavy atom. The van der Waals surface area contributed by atoms with Crippen molar-refractivity contribution in [1.29, 1.82) is 0 Å². The maximum Gasteiger partial charge on any atom is 0.319 e. The lowest BCUT2D eigenvalue weighted by molar-refractivity contribution is 0.174. The van der Waals surface area contributed by atoms with Crippen LogP contribution in [0, 0.1) is 0 Å². The highest BCUT2D eigenvalue weighted by Crippen LogP contribution is 2.32. The lowest BCUT2D eigenvalue weighted by Gasteiger charge is -2.09. The topological polar surface area (TPSA) is 59.6 Å². The molecule has 2 N–H and O–H groups in total. The highest BCUT2D eigenvalue weighted by molar-refractivity contribution is 7.99. The molecule has 0 saturated heterocycles. The smallest absolute Gasteiger partial charge is 0.319 e. The van der Waals surface area contributed by atoms with Gasteiger partial charge in [0.1, 0.15) is 0 Å². The predicted octanol–water partition coefficient (Wildman–Crippen LogP) is 4.05. The molecule has 0 saturated carbocycles. The van der Waals surface area contributed by atoms with Crippen molar-refractivity contribution in [1.82, 2.24) is 5.32 Å². The fourth-order valence-corrected chi connectivity index (χ4v) is 2.72. The third kappa shape index (κ3) is 4.29. The van der Waals surface area contributed by atoms with Gasteiger partial charge in [-0.15, -0.1) is 0 Å². The van der Waals surface area contributed by atoms with Gasteiger partial charge in [-0.1, -0.05) is 23.9 Å². The largest absolute Gasteiger partial charge is 0.454 e. The summed E-state index contributed by atoms with van der Waals surface area (Å²) < 4.78 is 35.2. The molecule has 0 atom stereocenters. The van der Waals surface area contributed by atoms with Gasteiger partial charge in [-0.05, 0) is 35.9 Å². The van der Waals surface area contributed by atoms with Crippen LogP contribution in [0.2, 0.25) is 0 Å². The van der Waals surface area contributed by atoms with Gasteiger partial charge in [-0.2, -0.15) is 8.78 Å². The Bertz CT molecular complexity index is 743. The van der Waals surface area contributed by atoms with Crippen molar-refractivity contribution in [3.8, 4) is 11.5 Å². The van der Waals surface area contributed by atoms with Gasteiger partial charge in [0.05, 0.1) is 0 Å². The van der Waals surface area contributed by atoms with E-state index in [1.165, 1.54) is 6.07 Å². The Kier molecular flexibility index (Phi) is 5.05. The van der Waals surface area contributed by atoms with E-state index in [9.17, 15) is 13.6 Å². The van der Waals surface area contributed by atoms with E-state index in [2.05, 4.69) is 10.6 Å². The third-order valence-electron chi connectivity index (χ3n) is 3.21. The van der Waals surface area contributed by atoms with Crippen molar-refractivity contribution in [2.75, 3.05) is 12.1 Å². The zero-order chi connectivity index (χ0) is 16.9. The van der Waals surface area contributed by atoms with Gasteiger partial charge >= 0.3 is 6.03 Å². The number of carbonyl (C=O) groups excluding carboxylic acids is 1. The Hall–Kier alpha value is -2.48. The zero-order valence-corrected chi connectivity index (χ0v) is 13.2. The van der Waals surface area contributed by atoms with E-state index in [-0.39, 0.29) is 6.79 Å². The van der Waals surface area contributed by atoms with Crippen molar-refractivity contribution in [2.24, 2.45) is 0 Å². The quantitative estimate of drug-likeness (QED) is 0.797. The highest BCUT2D eigenvalue weighted by atomic mass is 32.2. The summed E-state index contributed by atoms with van der Waals surface area (Å²) in [6, 6.07) is 11.3. The Balaban J connectivity index is 1.54. The second kappa shape index (κ2) is 7.39. The second-order valence-electron chi connectivity index (χ2n) is 4.90. The number of carbonyl (C=O) groups is 1. The third-order valence-corrected chi connectivity index (χ3v) is 3.91. The fraction of sp³-hybridized carbons (Fsp3) is 0.188. The van der Waals surface area contributed by atoms with Crippen molar-refractivity contribution < 1.29 is 23.0 Å².